The average molecular weight is 285 g/mol. The molecule has 0 radical (unpaired) electrons. The van der Waals surface area contributed by atoms with E-state index in [1.54, 1.807) is 32.9 Å². The van der Waals surface area contributed by atoms with Gasteiger partial charge in [0.05, 0.1) is 0 Å². The Morgan fingerprint density at radius 2 is 2.00 bits per heavy atom. The quantitative estimate of drug-likeness (QED) is 0.894. The molecule has 0 aliphatic carbocycles. The molecular weight excluding hydrogens is 268 g/mol. The molecular formula is C13H17ClN2O3. The third-order valence-electron chi connectivity index (χ3n) is 2.16. The number of halogens is 1. The van der Waals surface area contributed by atoms with E-state index in [9.17, 15) is 9.59 Å². The van der Waals surface area contributed by atoms with Gasteiger partial charge in [-0.3, -0.25) is 4.79 Å². The first kappa shape index (κ1) is 15.3. The molecule has 0 saturated carbocycles. The number of amides is 2. The van der Waals surface area contributed by atoms with E-state index in [1.807, 2.05) is 0 Å². The number of primary amides is 1. The maximum atomic E-state index is 11.5. The van der Waals surface area contributed by atoms with Crippen LogP contribution < -0.4 is 11.1 Å². The first-order valence-electron chi connectivity index (χ1n) is 5.74. The van der Waals surface area contributed by atoms with Crippen molar-refractivity contribution in [2.75, 3.05) is 0 Å². The van der Waals surface area contributed by atoms with Crippen molar-refractivity contribution >= 4 is 23.6 Å². The Bertz CT molecular complexity index is 495. The van der Waals surface area contributed by atoms with Crippen LogP contribution in [0.1, 0.15) is 36.7 Å². The maximum absolute atomic E-state index is 11.5. The molecule has 3 N–H and O–H groups in total. The first-order valence-corrected chi connectivity index (χ1v) is 6.12. The number of nitrogens with one attached hydrogen (secondary N) is 1. The van der Waals surface area contributed by atoms with E-state index >= 15 is 0 Å². The Morgan fingerprint density at radius 1 is 1.37 bits per heavy atom. The molecule has 6 heteroatoms. The number of carbonyl (C=O) groups excluding carboxylic acids is 2. The second-order valence-electron chi connectivity index (χ2n) is 5.03. The van der Waals surface area contributed by atoms with Crippen molar-refractivity contribution in [2.24, 2.45) is 5.73 Å². The van der Waals surface area contributed by atoms with Gasteiger partial charge in [-0.25, -0.2) is 4.79 Å². The number of ether oxygens (including phenoxy) is 1. The summed E-state index contributed by atoms with van der Waals surface area (Å²) in [6, 6.07) is 4.66. The summed E-state index contributed by atoms with van der Waals surface area (Å²) >= 11 is 5.99. The van der Waals surface area contributed by atoms with E-state index in [-0.39, 0.29) is 6.54 Å². The first-order chi connectivity index (χ1) is 8.69. The van der Waals surface area contributed by atoms with Crippen molar-refractivity contribution in [2.45, 2.75) is 32.9 Å². The minimum absolute atomic E-state index is 0.215. The van der Waals surface area contributed by atoms with Gasteiger partial charge >= 0.3 is 6.09 Å². The highest BCUT2D eigenvalue weighted by Crippen LogP contribution is 2.18. The summed E-state index contributed by atoms with van der Waals surface area (Å²) in [6.07, 6.45) is -0.525. The molecule has 0 aromatic heterocycles. The molecule has 0 unspecified atom stereocenters. The van der Waals surface area contributed by atoms with Crippen LogP contribution in [0.4, 0.5) is 4.79 Å². The van der Waals surface area contributed by atoms with E-state index in [4.69, 9.17) is 22.1 Å². The zero-order valence-electron chi connectivity index (χ0n) is 11.1. The molecule has 5 nitrogen and oxygen atoms in total. The lowest BCUT2D eigenvalue weighted by atomic mass is 10.1. The molecule has 1 rings (SSSR count). The molecule has 0 aliphatic heterocycles. The third-order valence-corrected chi connectivity index (χ3v) is 2.51. The van der Waals surface area contributed by atoms with Crippen molar-refractivity contribution in [1.82, 2.24) is 5.32 Å². The Balaban J connectivity index is 2.64. The number of nitrogens with two attached hydrogens (primary N) is 1. The van der Waals surface area contributed by atoms with E-state index < -0.39 is 17.6 Å². The van der Waals surface area contributed by atoms with Crippen LogP contribution in [0.5, 0.6) is 0 Å². The smallest absolute Gasteiger partial charge is 0.407 e. The van der Waals surface area contributed by atoms with Crippen LogP contribution in [0.25, 0.3) is 0 Å². The molecule has 1 aromatic carbocycles. The van der Waals surface area contributed by atoms with Gasteiger partial charge in [-0.15, -0.1) is 0 Å². The van der Waals surface area contributed by atoms with Gasteiger partial charge in [0.2, 0.25) is 5.91 Å². The van der Waals surface area contributed by atoms with Gasteiger partial charge in [-0.2, -0.15) is 0 Å². The minimum Gasteiger partial charge on any atom is -0.444 e. The van der Waals surface area contributed by atoms with Crippen LogP contribution in [0.2, 0.25) is 5.02 Å². The number of benzene rings is 1. The number of rotatable bonds is 3. The average Bonchev–Trinajstić information content (AvgIpc) is 2.24. The zero-order valence-corrected chi connectivity index (χ0v) is 11.9. The van der Waals surface area contributed by atoms with Crippen molar-refractivity contribution in [1.29, 1.82) is 0 Å². The summed E-state index contributed by atoms with van der Waals surface area (Å²) in [5, 5.41) is 2.95. The molecule has 0 aliphatic rings. The number of hydrogen-bond acceptors (Lipinski definition) is 3. The van der Waals surface area contributed by atoms with E-state index in [0.717, 1.165) is 0 Å². The summed E-state index contributed by atoms with van der Waals surface area (Å²) in [5.74, 6) is -0.548. The minimum atomic E-state index is -0.552. The van der Waals surface area contributed by atoms with Gasteiger partial charge < -0.3 is 15.8 Å². The van der Waals surface area contributed by atoms with Crippen LogP contribution in [0.15, 0.2) is 18.2 Å². The van der Waals surface area contributed by atoms with E-state index in [2.05, 4.69) is 5.32 Å². The van der Waals surface area contributed by atoms with Crippen LogP contribution in [-0.2, 0) is 11.3 Å². The Kier molecular flexibility index (Phi) is 4.78. The molecule has 0 atom stereocenters. The van der Waals surface area contributed by atoms with Crippen molar-refractivity contribution in [3.63, 3.8) is 0 Å². The Hall–Kier alpha value is -1.75. The molecule has 104 valence electrons. The number of alkyl carbamates (subject to hydrolysis) is 1. The molecule has 0 saturated heterocycles. The van der Waals surface area contributed by atoms with E-state index in [0.29, 0.717) is 16.1 Å². The molecule has 19 heavy (non-hydrogen) atoms. The highest BCUT2D eigenvalue weighted by atomic mass is 35.5. The van der Waals surface area contributed by atoms with Gasteiger partial charge in [0.15, 0.2) is 0 Å². The Labute approximate surface area is 117 Å². The molecule has 0 heterocycles. The predicted molar refractivity (Wildman–Crippen MR) is 73.0 cm³/mol. The van der Waals surface area contributed by atoms with Gasteiger partial charge in [0, 0.05) is 17.1 Å². The van der Waals surface area contributed by atoms with Crippen LogP contribution >= 0.6 is 11.6 Å². The summed E-state index contributed by atoms with van der Waals surface area (Å²) in [4.78, 5) is 22.4. The lowest BCUT2D eigenvalue weighted by Gasteiger charge is -2.19. The number of carbonyl (C=O) groups is 2. The summed E-state index contributed by atoms with van der Waals surface area (Å²) in [7, 11) is 0. The normalized spacial score (nSPS) is 10.9. The fraction of sp³-hybridized carbons (Fsp3) is 0.385. The highest BCUT2D eigenvalue weighted by Gasteiger charge is 2.16. The van der Waals surface area contributed by atoms with Crippen LogP contribution in [0.3, 0.4) is 0 Å². The molecule has 2 amide bonds. The second kappa shape index (κ2) is 5.93. The summed E-state index contributed by atoms with van der Waals surface area (Å²) in [6.45, 7) is 5.55. The number of hydrogen-bond donors (Lipinski definition) is 2. The molecule has 1 aromatic rings. The van der Waals surface area contributed by atoms with Crippen LogP contribution in [-0.4, -0.2) is 17.6 Å². The fourth-order valence-electron chi connectivity index (χ4n) is 1.33. The van der Waals surface area contributed by atoms with Crippen molar-refractivity contribution in [3.05, 3.63) is 34.3 Å². The van der Waals surface area contributed by atoms with Crippen molar-refractivity contribution < 1.29 is 14.3 Å². The standard InChI is InChI=1S/C13H17ClN2O3/c1-13(2,3)19-12(18)16-7-9-5-4-8(11(15)17)6-10(9)14/h4-6H,7H2,1-3H3,(H2,15,17)(H,16,18). The van der Waals surface area contributed by atoms with Gasteiger partial charge in [0.1, 0.15) is 5.60 Å². The van der Waals surface area contributed by atoms with Crippen LogP contribution in [0, 0.1) is 0 Å². The molecule has 0 bridgehead atoms. The lowest BCUT2D eigenvalue weighted by molar-refractivity contribution is 0.0523. The van der Waals surface area contributed by atoms with Gasteiger partial charge in [-0.05, 0) is 38.5 Å². The largest absolute Gasteiger partial charge is 0.444 e. The van der Waals surface area contributed by atoms with E-state index in [1.165, 1.54) is 6.07 Å². The zero-order chi connectivity index (χ0) is 14.6. The summed E-state index contributed by atoms with van der Waals surface area (Å²) in [5.41, 5.74) is 5.59. The Morgan fingerprint density at radius 3 is 2.47 bits per heavy atom. The molecule has 0 fully saturated rings. The summed E-state index contributed by atoms with van der Waals surface area (Å²) < 4.78 is 5.09. The van der Waals surface area contributed by atoms with Gasteiger partial charge in [-0.1, -0.05) is 17.7 Å². The SMILES string of the molecule is CC(C)(C)OC(=O)NCc1ccc(C(N)=O)cc1Cl. The van der Waals surface area contributed by atoms with Crippen molar-refractivity contribution in [3.8, 4) is 0 Å². The van der Waals surface area contributed by atoms with Gasteiger partial charge in [0.25, 0.3) is 0 Å². The fourth-order valence-corrected chi connectivity index (χ4v) is 1.57. The maximum Gasteiger partial charge on any atom is 0.407 e. The monoisotopic (exact) mass is 284 g/mol. The predicted octanol–water partition coefficient (Wildman–Crippen LogP) is 2.46. The third kappa shape index (κ3) is 5.18. The topological polar surface area (TPSA) is 81.4 Å². The molecule has 0 spiro atoms. The second-order valence-corrected chi connectivity index (χ2v) is 5.43. The highest BCUT2D eigenvalue weighted by molar-refractivity contribution is 6.31. The lowest BCUT2D eigenvalue weighted by Crippen LogP contribution is -2.32.